The Hall–Kier alpha value is -2.56. The van der Waals surface area contributed by atoms with Gasteiger partial charge in [0.25, 0.3) is 5.91 Å². The second-order valence-electron chi connectivity index (χ2n) is 7.55. The maximum absolute atomic E-state index is 12.6. The van der Waals surface area contributed by atoms with Crippen LogP contribution in [0.1, 0.15) is 16.1 Å². The van der Waals surface area contributed by atoms with Crippen LogP contribution in [0, 0.1) is 0 Å². The molecule has 9 nitrogen and oxygen atoms in total. The number of morpholine rings is 2. The molecule has 1 aromatic heterocycles. The average molecular weight is 466 g/mol. The quantitative estimate of drug-likeness (QED) is 0.727. The first-order valence-electron chi connectivity index (χ1n) is 9.97. The molecule has 3 fully saturated rings. The number of amides is 3. The van der Waals surface area contributed by atoms with Gasteiger partial charge < -0.3 is 24.4 Å². The Labute approximate surface area is 187 Å². The molecule has 11 heteroatoms. The van der Waals surface area contributed by atoms with Crippen molar-refractivity contribution in [3.8, 4) is 0 Å². The molecule has 1 aromatic rings. The lowest BCUT2D eigenvalue weighted by molar-refractivity contribution is -0.144. The van der Waals surface area contributed by atoms with Gasteiger partial charge in [0.15, 0.2) is 0 Å². The number of carbonyl (C=O) groups is 3. The highest BCUT2D eigenvalue weighted by molar-refractivity contribution is 7.18. The number of hydrogen-bond donors (Lipinski definition) is 1. The maximum atomic E-state index is 12.6. The molecule has 3 saturated heterocycles. The van der Waals surface area contributed by atoms with E-state index in [1.807, 2.05) is 12.2 Å². The standard InChI is InChI=1S/C20H20ClN3O6S/c21-17-4-3-16(31-17)19(26)22-8-15-13-9-29-14-7-11(23-5-6-28-10-18(23)25)1-2-12(14)24(13)20(27)30-15/h2-4,7,11,13,15H,1,5-6,8-10H2,(H,22,26)/t11?,13-,15+/m1/s1. The molecular formula is C20H20ClN3O6S. The summed E-state index contributed by atoms with van der Waals surface area (Å²) >= 11 is 7.07. The number of cyclic esters (lactones) is 1. The molecule has 3 atom stereocenters. The molecule has 3 aliphatic heterocycles. The minimum absolute atomic E-state index is 0.0537. The number of carbonyl (C=O) groups excluding carboxylic acids is 3. The summed E-state index contributed by atoms with van der Waals surface area (Å²) < 4.78 is 17.2. The zero-order chi connectivity index (χ0) is 21.5. The first kappa shape index (κ1) is 20.3. The van der Waals surface area contributed by atoms with Crippen molar-refractivity contribution in [2.45, 2.75) is 24.6 Å². The number of thiophene rings is 1. The predicted octanol–water partition coefficient (Wildman–Crippen LogP) is 1.75. The highest BCUT2D eigenvalue weighted by Crippen LogP contribution is 2.37. The summed E-state index contributed by atoms with van der Waals surface area (Å²) in [6.07, 6.45) is 3.37. The van der Waals surface area contributed by atoms with E-state index >= 15 is 0 Å². The van der Waals surface area contributed by atoms with Crippen LogP contribution in [0.4, 0.5) is 4.79 Å². The van der Waals surface area contributed by atoms with Crippen LogP contribution in [0.2, 0.25) is 4.34 Å². The number of fused-ring (bicyclic) bond motifs is 3. The van der Waals surface area contributed by atoms with E-state index in [0.29, 0.717) is 40.2 Å². The molecule has 0 spiro atoms. The Morgan fingerprint density at radius 2 is 2.19 bits per heavy atom. The van der Waals surface area contributed by atoms with E-state index in [0.717, 1.165) is 0 Å². The van der Waals surface area contributed by atoms with Gasteiger partial charge >= 0.3 is 6.09 Å². The van der Waals surface area contributed by atoms with E-state index in [1.165, 1.54) is 11.3 Å². The third-order valence-corrected chi connectivity index (χ3v) is 6.94. The highest BCUT2D eigenvalue weighted by atomic mass is 35.5. The molecule has 0 aromatic carbocycles. The van der Waals surface area contributed by atoms with Crippen LogP contribution < -0.4 is 5.32 Å². The monoisotopic (exact) mass is 465 g/mol. The smallest absolute Gasteiger partial charge is 0.415 e. The lowest BCUT2D eigenvalue weighted by Crippen LogP contribution is -2.50. The summed E-state index contributed by atoms with van der Waals surface area (Å²) in [4.78, 5) is 40.9. The van der Waals surface area contributed by atoms with Crippen LogP contribution in [0.3, 0.4) is 0 Å². The summed E-state index contributed by atoms with van der Waals surface area (Å²) in [7, 11) is 0. The predicted molar refractivity (Wildman–Crippen MR) is 111 cm³/mol. The molecular weight excluding hydrogens is 446 g/mol. The van der Waals surface area contributed by atoms with Gasteiger partial charge in [0.2, 0.25) is 5.91 Å². The number of rotatable bonds is 4. The van der Waals surface area contributed by atoms with E-state index in [9.17, 15) is 14.4 Å². The van der Waals surface area contributed by atoms with E-state index in [2.05, 4.69) is 5.32 Å². The second-order valence-corrected chi connectivity index (χ2v) is 9.26. The van der Waals surface area contributed by atoms with E-state index in [1.54, 1.807) is 21.9 Å². The molecule has 0 bridgehead atoms. The van der Waals surface area contributed by atoms with Crippen molar-refractivity contribution >= 4 is 40.8 Å². The van der Waals surface area contributed by atoms with Gasteiger partial charge in [-0.1, -0.05) is 17.7 Å². The molecule has 1 N–H and O–H groups in total. The van der Waals surface area contributed by atoms with E-state index in [4.69, 9.17) is 25.8 Å². The minimum atomic E-state index is -0.534. The van der Waals surface area contributed by atoms with Gasteiger partial charge in [0, 0.05) is 6.54 Å². The van der Waals surface area contributed by atoms with E-state index in [-0.39, 0.29) is 43.7 Å². The van der Waals surface area contributed by atoms with E-state index < -0.39 is 12.2 Å². The zero-order valence-corrected chi connectivity index (χ0v) is 18.0. The molecule has 4 aliphatic rings. The van der Waals surface area contributed by atoms with Gasteiger partial charge in [0.05, 0.1) is 34.1 Å². The summed E-state index contributed by atoms with van der Waals surface area (Å²) in [5.74, 6) is 0.252. The van der Waals surface area contributed by atoms with Crippen molar-refractivity contribution in [1.82, 2.24) is 15.1 Å². The van der Waals surface area contributed by atoms with Crippen LogP contribution >= 0.6 is 22.9 Å². The zero-order valence-electron chi connectivity index (χ0n) is 16.4. The molecule has 0 radical (unpaired) electrons. The van der Waals surface area contributed by atoms with Crippen LogP contribution in [0.15, 0.2) is 35.7 Å². The SMILES string of the molecule is O=C(NC[C@@H]1OC(=O)N2C3=CCC(N4CCOCC4=O)C=C3OC[C@H]12)c1ccc(Cl)s1. The average Bonchev–Trinajstić information content (AvgIpc) is 3.35. The third kappa shape index (κ3) is 3.79. The largest absolute Gasteiger partial charge is 0.489 e. The van der Waals surface area contributed by atoms with Crippen molar-refractivity contribution in [3.05, 3.63) is 45.0 Å². The summed E-state index contributed by atoms with van der Waals surface area (Å²) in [5.41, 5.74) is 0.650. The van der Waals surface area contributed by atoms with Crippen molar-refractivity contribution in [1.29, 1.82) is 0 Å². The van der Waals surface area contributed by atoms with Crippen molar-refractivity contribution < 1.29 is 28.6 Å². The highest BCUT2D eigenvalue weighted by Gasteiger charge is 2.48. The van der Waals surface area contributed by atoms with Gasteiger partial charge in [-0.25, -0.2) is 4.79 Å². The maximum Gasteiger partial charge on any atom is 0.415 e. The Kier molecular flexibility index (Phi) is 5.37. The normalized spacial score (nSPS) is 27.6. The van der Waals surface area contributed by atoms with Crippen LogP contribution in [0.5, 0.6) is 0 Å². The van der Waals surface area contributed by atoms with Crippen molar-refractivity contribution in [2.75, 3.05) is 32.9 Å². The van der Waals surface area contributed by atoms with Crippen molar-refractivity contribution in [2.24, 2.45) is 0 Å². The summed E-state index contributed by atoms with van der Waals surface area (Å²) in [5, 5.41) is 2.80. The fraction of sp³-hybridized carbons (Fsp3) is 0.450. The number of nitrogens with one attached hydrogen (secondary N) is 1. The second kappa shape index (κ2) is 8.18. The summed E-state index contributed by atoms with van der Waals surface area (Å²) in [6, 6.07) is 2.84. The molecule has 4 heterocycles. The lowest BCUT2D eigenvalue weighted by atomic mass is 9.99. The minimum Gasteiger partial charge on any atom is -0.489 e. The first-order chi connectivity index (χ1) is 15.0. The number of hydrogen-bond acceptors (Lipinski definition) is 7. The van der Waals surface area contributed by atoms with Gasteiger partial charge in [0.1, 0.15) is 31.1 Å². The fourth-order valence-corrected chi connectivity index (χ4v) is 5.15. The number of nitrogens with zero attached hydrogens (tertiary/aromatic N) is 2. The molecule has 164 valence electrons. The Morgan fingerprint density at radius 3 is 2.97 bits per heavy atom. The fourth-order valence-electron chi connectivity index (χ4n) is 4.19. The van der Waals surface area contributed by atoms with Gasteiger partial charge in [-0.2, -0.15) is 0 Å². The summed E-state index contributed by atoms with van der Waals surface area (Å²) in [6.45, 7) is 1.53. The Balaban J connectivity index is 1.25. The Morgan fingerprint density at radius 1 is 1.32 bits per heavy atom. The van der Waals surface area contributed by atoms with Crippen molar-refractivity contribution in [3.63, 3.8) is 0 Å². The number of halogens is 1. The Bertz CT molecular complexity index is 991. The number of ether oxygens (including phenoxy) is 3. The molecule has 3 amide bonds. The molecule has 1 unspecified atom stereocenters. The van der Waals surface area contributed by atoms with Gasteiger partial charge in [-0.05, 0) is 24.6 Å². The molecule has 5 rings (SSSR count). The molecule has 0 saturated carbocycles. The van der Waals surface area contributed by atoms with Crippen LogP contribution in [-0.4, -0.2) is 78.8 Å². The van der Waals surface area contributed by atoms with Gasteiger partial charge in [-0.15, -0.1) is 11.3 Å². The first-order valence-corrected chi connectivity index (χ1v) is 11.2. The topological polar surface area (TPSA) is 97.4 Å². The van der Waals surface area contributed by atoms with Gasteiger partial charge in [-0.3, -0.25) is 14.5 Å². The third-order valence-electron chi connectivity index (χ3n) is 5.71. The molecule has 1 aliphatic carbocycles. The van der Waals surface area contributed by atoms with Crippen LogP contribution in [-0.2, 0) is 19.0 Å². The van der Waals surface area contributed by atoms with Crippen LogP contribution in [0.25, 0.3) is 0 Å². The molecule has 31 heavy (non-hydrogen) atoms. The lowest BCUT2D eigenvalue weighted by Gasteiger charge is -2.39.